The van der Waals surface area contributed by atoms with Gasteiger partial charge in [0.1, 0.15) is 0 Å². The Morgan fingerprint density at radius 3 is 2.50 bits per heavy atom. The third-order valence-corrected chi connectivity index (χ3v) is 3.72. The van der Waals surface area contributed by atoms with Crippen molar-refractivity contribution in [3.8, 4) is 0 Å². The molecule has 0 spiro atoms. The maximum Gasteiger partial charge on any atom is 0.0667 e. The first kappa shape index (κ1) is 10.4. The number of β-amino-alcohol motifs (C(OH)–C–C–N with tert-alkyl or cyclic N) is 1. The lowest BCUT2D eigenvalue weighted by atomic mass is 9.88. The van der Waals surface area contributed by atoms with Gasteiger partial charge in [0.2, 0.25) is 0 Å². The van der Waals surface area contributed by atoms with E-state index in [9.17, 15) is 5.11 Å². The van der Waals surface area contributed by atoms with Crippen LogP contribution in [0.4, 0.5) is 0 Å². The van der Waals surface area contributed by atoms with Crippen molar-refractivity contribution in [2.24, 2.45) is 5.92 Å². The predicted molar refractivity (Wildman–Crippen MR) is 58.3 cm³/mol. The molecule has 14 heavy (non-hydrogen) atoms. The van der Waals surface area contributed by atoms with Gasteiger partial charge in [-0.05, 0) is 38.1 Å². The second-order valence-electron chi connectivity index (χ2n) is 5.06. The fourth-order valence-electron chi connectivity index (χ4n) is 2.93. The highest BCUT2D eigenvalue weighted by molar-refractivity contribution is 4.76. The molecule has 0 aromatic rings. The van der Waals surface area contributed by atoms with E-state index in [4.69, 9.17) is 0 Å². The smallest absolute Gasteiger partial charge is 0.0667 e. The van der Waals surface area contributed by atoms with E-state index in [0.717, 1.165) is 18.9 Å². The van der Waals surface area contributed by atoms with Gasteiger partial charge in [-0.3, -0.25) is 0 Å². The van der Waals surface area contributed by atoms with Crippen LogP contribution in [0.2, 0.25) is 0 Å². The van der Waals surface area contributed by atoms with Gasteiger partial charge in [-0.1, -0.05) is 19.3 Å². The van der Waals surface area contributed by atoms with Crippen LogP contribution >= 0.6 is 0 Å². The second-order valence-corrected chi connectivity index (χ2v) is 5.06. The van der Waals surface area contributed by atoms with Crippen LogP contribution in [0, 0.1) is 5.92 Å². The molecule has 1 unspecified atom stereocenters. The van der Waals surface area contributed by atoms with Crippen molar-refractivity contribution in [1.82, 2.24) is 4.90 Å². The normalized spacial score (nSPS) is 31.9. The van der Waals surface area contributed by atoms with Crippen molar-refractivity contribution in [3.05, 3.63) is 0 Å². The summed E-state index contributed by atoms with van der Waals surface area (Å²) in [4.78, 5) is 2.48. The summed E-state index contributed by atoms with van der Waals surface area (Å²) in [5.74, 6) is 0.925. The van der Waals surface area contributed by atoms with Crippen molar-refractivity contribution >= 4 is 0 Å². The molecule has 0 amide bonds. The molecule has 0 bridgehead atoms. The van der Waals surface area contributed by atoms with Crippen LogP contribution in [-0.2, 0) is 0 Å². The highest BCUT2D eigenvalue weighted by atomic mass is 16.3. The molecule has 2 rings (SSSR count). The van der Waals surface area contributed by atoms with Crippen molar-refractivity contribution in [2.75, 3.05) is 19.6 Å². The third kappa shape index (κ3) is 2.96. The quantitative estimate of drug-likeness (QED) is 0.732. The molecular formula is C12H23NO. The third-order valence-electron chi connectivity index (χ3n) is 3.72. The van der Waals surface area contributed by atoms with Gasteiger partial charge in [-0.2, -0.15) is 0 Å². The second kappa shape index (κ2) is 5.13. The molecule has 2 heteroatoms. The molecule has 1 aliphatic heterocycles. The summed E-state index contributed by atoms with van der Waals surface area (Å²) in [6, 6.07) is 0. The standard InChI is InChI=1S/C12H23NO/c14-12-7-4-8-13(10-12)9-11-5-2-1-3-6-11/h11-12,14H,1-10H2. The minimum absolute atomic E-state index is 0.0488. The van der Waals surface area contributed by atoms with Crippen LogP contribution in [0.15, 0.2) is 0 Å². The minimum atomic E-state index is -0.0488. The summed E-state index contributed by atoms with van der Waals surface area (Å²) in [5.41, 5.74) is 0. The first-order valence-corrected chi connectivity index (χ1v) is 6.25. The zero-order chi connectivity index (χ0) is 9.80. The molecule has 1 atom stereocenters. The Kier molecular flexibility index (Phi) is 3.82. The highest BCUT2D eigenvalue weighted by Crippen LogP contribution is 2.25. The molecule has 0 radical (unpaired) electrons. The SMILES string of the molecule is OC1CCCN(CC2CCCCC2)C1. The Morgan fingerprint density at radius 1 is 1.00 bits per heavy atom. The molecule has 0 aromatic carbocycles. The summed E-state index contributed by atoms with van der Waals surface area (Å²) in [7, 11) is 0. The highest BCUT2D eigenvalue weighted by Gasteiger charge is 2.21. The summed E-state index contributed by atoms with van der Waals surface area (Å²) in [6.45, 7) is 3.39. The summed E-state index contributed by atoms with van der Waals surface area (Å²) in [5, 5.41) is 9.57. The number of aliphatic hydroxyl groups is 1. The monoisotopic (exact) mass is 197 g/mol. The summed E-state index contributed by atoms with van der Waals surface area (Å²) >= 11 is 0. The van der Waals surface area contributed by atoms with Gasteiger partial charge in [0.25, 0.3) is 0 Å². The van der Waals surface area contributed by atoms with Crippen LogP contribution in [0.1, 0.15) is 44.9 Å². The van der Waals surface area contributed by atoms with E-state index in [2.05, 4.69) is 4.90 Å². The van der Waals surface area contributed by atoms with E-state index >= 15 is 0 Å². The average Bonchev–Trinajstić information content (AvgIpc) is 2.19. The topological polar surface area (TPSA) is 23.5 Å². The maximum atomic E-state index is 9.57. The molecule has 1 saturated carbocycles. The number of nitrogens with zero attached hydrogens (tertiary/aromatic N) is 1. The van der Waals surface area contributed by atoms with Gasteiger partial charge in [0.05, 0.1) is 6.10 Å². The zero-order valence-electron chi connectivity index (χ0n) is 9.12. The number of piperidine rings is 1. The maximum absolute atomic E-state index is 9.57. The van der Waals surface area contributed by atoms with Crippen LogP contribution in [0.25, 0.3) is 0 Å². The van der Waals surface area contributed by atoms with E-state index in [1.54, 1.807) is 0 Å². The Balaban J connectivity index is 1.72. The zero-order valence-corrected chi connectivity index (χ0v) is 9.12. The fourth-order valence-corrected chi connectivity index (χ4v) is 2.93. The Labute approximate surface area is 87.3 Å². The first-order chi connectivity index (χ1) is 6.84. The van der Waals surface area contributed by atoms with Crippen molar-refractivity contribution in [2.45, 2.75) is 51.0 Å². The Hall–Kier alpha value is -0.0800. The van der Waals surface area contributed by atoms with E-state index in [1.807, 2.05) is 0 Å². The minimum Gasteiger partial charge on any atom is -0.392 e. The lowest BCUT2D eigenvalue weighted by molar-refractivity contribution is 0.0582. The van der Waals surface area contributed by atoms with E-state index in [-0.39, 0.29) is 6.10 Å². The largest absolute Gasteiger partial charge is 0.392 e. The summed E-state index contributed by atoms with van der Waals surface area (Å²) in [6.07, 6.45) is 9.31. The number of likely N-dealkylation sites (tertiary alicyclic amines) is 1. The number of hydrogen-bond donors (Lipinski definition) is 1. The lowest BCUT2D eigenvalue weighted by Crippen LogP contribution is -2.41. The molecule has 0 aromatic heterocycles. The van der Waals surface area contributed by atoms with Crippen molar-refractivity contribution < 1.29 is 5.11 Å². The molecule has 2 fully saturated rings. The molecule has 2 aliphatic rings. The number of hydrogen-bond acceptors (Lipinski definition) is 2. The van der Waals surface area contributed by atoms with Crippen LogP contribution in [0.3, 0.4) is 0 Å². The van der Waals surface area contributed by atoms with Gasteiger partial charge in [0.15, 0.2) is 0 Å². The Bertz CT molecular complexity index is 166. The molecular weight excluding hydrogens is 174 g/mol. The van der Waals surface area contributed by atoms with Crippen LogP contribution < -0.4 is 0 Å². The van der Waals surface area contributed by atoms with Crippen molar-refractivity contribution in [1.29, 1.82) is 0 Å². The summed E-state index contributed by atoms with van der Waals surface area (Å²) < 4.78 is 0. The lowest BCUT2D eigenvalue weighted by Gasteiger charge is -2.34. The molecule has 1 aliphatic carbocycles. The number of rotatable bonds is 2. The van der Waals surface area contributed by atoms with Gasteiger partial charge < -0.3 is 10.0 Å². The molecule has 1 saturated heterocycles. The van der Waals surface area contributed by atoms with Gasteiger partial charge in [0, 0.05) is 13.1 Å². The fraction of sp³-hybridized carbons (Fsp3) is 1.00. The average molecular weight is 197 g/mol. The molecule has 82 valence electrons. The first-order valence-electron chi connectivity index (χ1n) is 6.25. The Morgan fingerprint density at radius 2 is 1.79 bits per heavy atom. The van der Waals surface area contributed by atoms with Gasteiger partial charge in [-0.25, -0.2) is 0 Å². The molecule has 1 heterocycles. The van der Waals surface area contributed by atoms with Gasteiger partial charge >= 0.3 is 0 Å². The molecule has 1 N–H and O–H groups in total. The van der Waals surface area contributed by atoms with E-state index in [0.29, 0.717) is 0 Å². The van der Waals surface area contributed by atoms with Crippen LogP contribution in [-0.4, -0.2) is 35.7 Å². The molecule has 2 nitrogen and oxygen atoms in total. The van der Waals surface area contributed by atoms with Gasteiger partial charge in [-0.15, -0.1) is 0 Å². The van der Waals surface area contributed by atoms with E-state index < -0.39 is 0 Å². The number of aliphatic hydroxyl groups excluding tert-OH is 1. The van der Waals surface area contributed by atoms with Crippen molar-refractivity contribution in [3.63, 3.8) is 0 Å². The predicted octanol–water partition coefficient (Wildman–Crippen LogP) is 2.02. The van der Waals surface area contributed by atoms with E-state index in [1.165, 1.54) is 51.6 Å². The van der Waals surface area contributed by atoms with Crippen LogP contribution in [0.5, 0.6) is 0 Å².